The van der Waals surface area contributed by atoms with Crippen LogP contribution in [0.2, 0.25) is 0 Å². The van der Waals surface area contributed by atoms with Gasteiger partial charge < -0.3 is 14.2 Å². The second-order valence-electron chi connectivity index (χ2n) is 7.27. The third-order valence-electron chi connectivity index (χ3n) is 4.89. The van der Waals surface area contributed by atoms with Crippen LogP contribution in [-0.2, 0) is 42.0 Å². The zero-order valence-electron chi connectivity index (χ0n) is 17.7. The highest BCUT2D eigenvalue weighted by molar-refractivity contribution is 7.88. The molecule has 1 aliphatic heterocycles. The average Bonchev–Trinajstić information content (AvgIpc) is 2.75. The van der Waals surface area contributed by atoms with Crippen molar-refractivity contribution in [3.8, 4) is 0 Å². The van der Waals surface area contributed by atoms with E-state index in [4.69, 9.17) is 14.2 Å². The van der Waals surface area contributed by atoms with Gasteiger partial charge in [-0.25, -0.2) is 8.42 Å². The topological polar surface area (TPSA) is 82.1 Å². The highest BCUT2D eigenvalue weighted by Gasteiger charge is 2.34. The average molecular weight is 446 g/mol. The van der Waals surface area contributed by atoms with Crippen molar-refractivity contribution in [2.45, 2.75) is 38.8 Å². The largest absolute Gasteiger partial charge is 0.466 e. The summed E-state index contributed by atoms with van der Waals surface area (Å²) in [6.07, 6.45) is 12.9. The third kappa shape index (κ3) is 6.32. The van der Waals surface area contributed by atoms with Gasteiger partial charge in [-0.05, 0) is 36.5 Å². The molecule has 0 amide bonds. The summed E-state index contributed by atoms with van der Waals surface area (Å²) in [7, 11) is -3.63. The Hall–Kier alpha value is -2.84. The predicted octanol–water partition coefficient (Wildman–Crippen LogP) is 3.56. The second kappa shape index (κ2) is 10.5. The molecular formula is C23H27NO6S. The molecule has 1 unspecified atom stereocenters. The first-order chi connectivity index (χ1) is 14.9. The number of sulfonamides is 1. The van der Waals surface area contributed by atoms with Gasteiger partial charge in [-0.3, -0.25) is 4.79 Å². The Balaban J connectivity index is 1.93. The number of hydrogen-bond acceptors (Lipinski definition) is 6. The fourth-order valence-corrected chi connectivity index (χ4v) is 4.56. The Morgan fingerprint density at radius 2 is 2.06 bits per heavy atom. The van der Waals surface area contributed by atoms with Crippen molar-refractivity contribution >= 4 is 16.0 Å². The number of carbonyl (C=O) groups is 1. The summed E-state index contributed by atoms with van der Waals surface area (Å²) in [6, 6.07) is 6.66. The zero-order chi connectivity index (χ0) is 22.3. The van der Waals surface area contributed by atoms with Crippen LogP contribution in [0.4, 0.5) is 0 Å². The number of esters is 1. The van der Waals surface area contributed by atoms with Gasteiger partial charge in [0, 0.05) is 6.54 Å². The minimum absolute atomic E-state index is 0.117. The Bertz CT molecular complexity index is 1020. The zero-order valence-corrected chi connectivity index (χ0v) is 18.5. The fourth-order valence-electron chi connectivity index (χ4n) is 3.56. The molecule has 3 rings (SSSR count). The molecule has 1 aliphatic carbocycles. The van der Waals surface area contributed by atoms with Gasteiger partial charge >= 0.3 is 5.97 Å². The van der Waals surface area contributed by atoms with Crippen LogP contribution in [0, 0.1) is 0 Å². The van der Waals surface area contributed by atoms with E-state index < -0.39 is 16.1 Å². The highest BCUT2D eigenvalue weighted by atomic mass is 32.2. The number of allylic oxidation sites excluding steroid dienone is 3. The number of hydrogen-bond donors (Lipinski definition) is 0. The van der Waals surface area contributed by atoms with Crippen molar-refractivity contribution in [2.24, 2.45) is 0 Å². The van der Waals surface area contributed by atoms with E-state index in [1.165, 1.54) is 29.3 Å². The number of ether oxygens (including phenoxy) is 3. The summed E-state index contributed by atoms with van der Waals surface area (Å²) in [5, 5.41) is 0. The first kappa shape index (κ1) is 22.8. The van der Waals surface area contributed by atoms with Crippen LogP contribution < -0.4 is 0 Å². The lowest BCUT2D eigenvalue weighted by atomic mass is 9.96. The normalized spacial score (nSPS) is 16.7. The minimum atomic E-state index is -3.63. The molecule has 0 N–H and O–H groups in total. The van der Waals surface area contributed by atoms with Gasteiger partial charge in [0.15, 0.2) is 5.76 Å². The SMILES string of the molecule is CCOC(=O)Cc1cccc(CN(C(C2=CC=CCC2)C2=COC=CO2)S(C)(=O)=O)c1. The summed E-state index contributed by atoms with van der Waals surface area (Å²) in [5.74, 6) is 0.0819. The van der Waals surface area contributed by atoms with E-state index in [2.05, 4.69) is 0 Å². The van der Waals surface area contributed by atoms with Crippen LogP contribution in [-0.4, -0.2) is 37.6 Å². The van der Waals surface area contributed by atoms with Crippen LogP contribution >= 0.6 is 0 Å². The van der Waals surface area contributed by atoms with Gasteiger partial charge in [0.1, 0.15) is 24.8 Å². The van der Waals surface area contributed by atoms with E-state index in [0.717, 1.165) is 23.1 Å². The number of benzene rings is 1. The maximum absolute atomic E-state index is 12.9. The minimum Gasteiger partial charge on any atom is -0.466 e. The molecule has 7 nitrogen and oxygen atoms in total. The van der Waals surface area contributed by atoms with Gasteiger partial charge in [0.2, 0.25) is 10.0 Å². The number of rotatable bonds is 9. The first-order valence-corrected chi connectivity index (χ1v) is 12.0. The van der Waals surface area contributed by atoms with Crippen molar-refractivity contribution in [3.05, 3.63) is 83.7 Å². The third-order valence-corrected chi connectivity index (χ3v) is 6.08. The maximum Gasteiger partial charge on any atom is 0.310 e. The van der Waals surface area contributed by atoms with Crippen molar-refractivity contribution in [1.29, 1.82) is 0 Å². The van der Waals surface area contributed by atoms with E-state index >= 15 is 0 Å². The van der Waals surface area contributed by atoms with E-state index in [1.807, 2.05) is 42.5 Å². The Labute approximate surface area is 183 Å². The molecule has 0 fully saturated rings. The number of carbonyl (C=O) groups excluding carboxylic acids is 1. The Kier molecular flexibility index (Phi) is 7.70. The molecule has 1 heterocycles. The van der Waals surface area contributed by atoms with Gasteiger partial charge in [-0.1, -0.05) is 42.5 Å². The van der Waals surface area contributed by atoms with Crippen LogP contribution in [0.5, 0.6) is 0 Å². The lowest BCUT2D eigenvalue weighted by Crippen LogP contribution is -2.42. The van der Waals surface area contributed by atoms with Gasteiger partial charge in [-0.15, -0.1) is 0 Å². The van der Waals surface area contributed by atoms with Crippen molar-refractivity contribution in [2.75, 3.05) is 12.9 Å². The summed E-state index contributed by atoms with van der Waals surface area (Å²) in [4.78, 5) is 11.8. The molecule has 31 heavy (non-hydrogen) atoms. The molecule has 166 valence electrons. The molecule has 0 aromatic heterocycles. The molecule has 0 spiro atoms. The Morgan fingerprint density at radius 3 is 2.71 bits per heavy atom. The molecule has 1 aromatic rings. The summed E-state index contributed by atoms with van der Waals surface area (Å²) in [6.45, 7) is 2.19. The van der Waals surface area contributed by atoms with Crippen LogP contribution in [0.15, 0.2) is 72.6 Å². The monoisotopic (exact) mass is 445 g/mol. The van der Waals surface area contributed by atoms with Gasteiger partial charge in [0.25, 0.3) is 0 Å². The molecular weight excluding hydrogens is 418 g/mol. The highest BCUT2D eigenvalue weighted by Crippen LogP contribution is 2.30. The predicted molar refractivity (Wildman–Crippen MR) is 117 cm³/mol. The van der Waals surface area contributed by atoms with Gasteiger partial charge in [-0.2, -0.15) is 4.31 Å². The summed E-state index contributed by atoms with van der Waals surface area (Å²) in [5.41, 5.74) is 2.44. The lowest BCUT2D eigenvalue weighted by Gasteiger charge is -2.33. The molecule has 1 atom stereocenters. The molecule has 0 bridgehead atoms. The smallest absolute Gasteiger partial charge is 0.310 e. The van der Waals surface area contributed by atoms with E-state index in [-0.39, 0.29) is 18.9 Å². The molecule has 1 aromatic carbocycles. The maximum atomic E-state index is 12.9. The fraction of sp³-hybridized carbons (Fsp3) is 0.348. The Morgan fingerprint density at radius 1 is 1.26 bits per heavy atom. The van der Waals surface area contributed by atoms with Crippen LogP contribution in [0.1, 0.15) is 30.9 Å². The summed E-state index contributed by atoms with van der Waals surface area (Å²) >= 11 is 0. The van der Waals surface area contributed by atoms with E-state index in [0.29, 0.717) is 18.8 Å². The van der Waals surface area contributed by atoms with Crippen LogP contribution in [0.25, 0.3) is 0 Å². The van der Waals surface area contributed by atoms with Crippen molar-refractivity contribution in [3.63, 3.8) is 0 Å². The van der Waals surface area contributed by atoms with Gasteiger partial charge in [0.05, 0.1) is 19.3 Å². The van der Waals surface area contributed by atoms with Crippen molar-refractivity contribution in [1.82, 2.24) is 4.31 Å². The molecule has 0 saturated carbocycles. The quantitative estimate of drug-likeness (QED) is 0.541. The first-order valence-electron chi connectivity index (χ1n) is 10.1. The summed E-state index contributed by atoms with van der Waals surface area (Å²) < 4.78 is 43.1. The molecule has 0 saturated heterocycles. The molecule has 2 aliphatic rings. The number of nitrogens with zero attached hydrogens (tertiary/aromatic N) is 1. The lowest BCUT2D eigenvalue weighted by molar-refractivity contribution is -0.142. The second-order valence-corrected chi connectivity index (χ2v) is 9.20. The van der Waals surface area contributed by atoms with E-state index in [9.17, 15) is 13.2 Å². The van der Waals surface area contributed by atoms with Crippen molar-refractivity contribution < 1.29 is 27.4 Å². The van der Waals surface area contributed by atoms with Crippen LogP contribution in [0.3, 0.4) is 0 Å². The van der Waals surface area contributed by atoms with E-state index in [1.54, 1.807) is 6.92 Å². The molecule has 0 radical (unpaired) electrons. The standard InChI is InChI=1S/C23H27NO6S/c1-3-29-22(25)15-18-8-7-9-19(14-18)16-24(31(2,26)27)23(20-10-5-4-6-11-20)21-17-28-12-13-30-21/h4-5,7-10,12-14,17,23H,3,6,11,15-16H2,1-2H3. The molecule has 8 heteroatoms.